The maximum absolute atomic E-state index is 13.5. The Morgan fingerprint density at radius 2 is 2.00 bits per heavy atom. The Kier molecular flexibility index (Phi) is 8.56. The highest BCUT2D eigenvalue weighted by atomic mass is 32.1. The van der Waals surface area contributed by atoms with Gasteiger partial charge in [-0.05, 0) is 62.3 Å². The highest BCUT2D eigenvalue weighted by molar-refractivity contribution is 7.10. The Labute approximate surface area is 195 Å². The molecule has 0 saturated heterocycles. The van der Waals surface area contributed by atoms with E-state index in [1.165, 1.54) is 10.4 Å². The maximum atomic E-state index is 13.5. The maximum Gasteiger partial charge on any atom is 0.318 e. The zero-order chi connectivity index (χ0) is 23.1. The van der Waals surface area contributed by atoms with Crippen molar-refractivity contribution in [3.05, 3.63) is 51.7 Å². The molecule has 0 saturated carbocycles. The molecule has 2 atom stereocenters. The van der Waals surface area contributed by atoms with Gasteiger partial charge in [-0.25, -0.2) is 4.79 Å². The summed E-state index contributed by atoms with van der Waals surface area (Å²) in [6, 6.07) is 9.72. The summed E-state index contributed by atoms with van der Waals surface area (Å²) >= 11 is 1.73. The van der Waals surface area contributed by atoms with Crippen LogP contribution in [-0.2, 0) is 11.2 Å². The predicted molar refractivity (Wildman–Crippen MR) is 129 cm³/mol. The molecule has 6 nitrogen and oxygen atoms in total. The van der Waals surface area contributed by atoms with E-state index in [9.17, 15) is 9.59 Å². The number of carbonyl (C=O) groups excluding carboxylic acids is 2. The van der Waals surface area contributed by atoms with Crippen LogP contribution in [0.1, 0.15) is 55.7 Å². The lowest BCUT2D eigenvalue weighted by Crippen LogP contribution is -2.52. The smallest absolute Gasteiger partial charge is 0.318 e. The molecule has 0 fully saturated rings. The largest absolute Gasteiger partial charge is 0.491 e. The van der Waals surface area contributed by atoms with Gasteiger partial charge < -0.3 is 19.9 Å². The summed E-state index contributed by atoms with van der Waals surface area (Å²) in [5.41, 5.74) is 2.34. The van der Waals surface area contributed by atoms with E-state index in [1.807, 2.05) is 56.9 Å². The first-order chi connectivity index (χ1) is 15.4. The first-order valence-electron chi connectivity index (χ1n) is 11.5. The number of carbonyl (C=O) groups is 2. The molecule has 7 heteroatoms. The second-order valence-electron chi connectivity index (χ2n) is 8.39. The van der Waals surface area contributed by atoms with Crippen LogP contribution < -0.4 is 10.1 Å². The lowest BCUT2D eigenvalue weighted by molar-refractivity contribution is -0.135. The number of amides is 3. The molecular weight excluding hydrogens is 422 g/mol. The van der Waals surface area contributed by atoms with Gasteiger partial charge in [-0.15, -0.1) is 11.3 Å². The minimum absolute atomic E-state index is 0.0143. The van der Waals surface area contributed by atoms with Crippen LogP contribution in [-0.4, -0.2) is 54.0 Å². The number of rotatable bonds is 9. The predicted octanol–water partition coefficient (Wildman–Crippen LogP) is 4.78. The van der Waals surface area contributed by atoms with Gasteiger partial charge >= 0.3 is 6.03 Å². The summed E-state index contributed by atoms with van der Waals surface area (Å²) in [7, 11) is 0. The molecule has 1 N–H and O–H groups in total. The van der Waals surface area contributed by atoms with E-state index in [1.54, 1.807) is 16.2 Å². The fourth-order valence-electron chi connectivity index (χ4n) is 3.90. The summed E-state index contributed by atoms with van der Waals surface area (Å²) in [5, 5.41) is 5.01. The van der Waals surface area contributed by atoms with E-state index < -0.39 is 0 Å². The number of hydrogen-bond donors (Lipinski definition) is 1. The van der Waals surface area contributed by atoms with Crippen molar-refractivity contribution in [3.8, 4) is 5.75 Å². The van der Waals surface area contributed by atoms with Crippen LogP contribution >= 0.6 is 11.3 Å². The number of hydrogen-bond acceptors (Lipinski definition) is 4. The zero-order valence-electron chi connectivity index (χ0n) is 19.6. The van der Waals surface area contributed by atoms with Gasteiger partial charge in [0.2, 0.25) is 5.91 Å². The Bertz CT molecular complexity index is 896. The molecule has 2 aromatic rings. The van der Waals surface area contributed by atoms with Gasteiger partial charge in [-0.2, -0.15) is 0 Å². The molecule has 0 spiro atoms. The number of fused-ring (bicyclic) bond motifs is 1. The molecule has 1 aliphatic heterocycles. The Hall–Kier alpha value is -2.54. The van der Waals surface area contributed by atoms with Crippen molar-refractivity contribution in [1.82, 2.24) is 15.1 Å². The summed E-state index contributed by atoms with van der Waals surface area (Å²) in [6.45, 7) is 9.80. The minimum atomic E-state index is -0.171. The molecule has 0 bridgehead atoms. The minimum Gasteiger partial charge on any atom is -0.491 e. The Morgan fingerprint density at radius 3 is 2.69 bits per heavy atom. The van der Waals surface area contributed by atoms with Gasteiger partial charge in [-0.3, -0.25) is 4.79 Å². The fourth-order valence-corrected chi connectivity index (χ4v) is 4.83. The molecule has 3 amide bonds. The van der Waals surface area contributed by atoms with Crippen molar-refractivity contribution in [2.45, 2.75) is 59.0 Å². The van der Waals surface area contributed by atoms with Gasteiger partial charge in [0.1, 0.15) is 18.9 Å². The average Bonchev–Trinajstić information content (AvgIpc) is 3.29. The molecule has 2 heterocycles. The number of thiophene rings is 1. The Morgan fingerprint density at radius 1 is 1.25 bits per heavy atom. The van der Waals surface area contributed by atoms with E-state index in [2.05, 4.69) is 16.8 Å². The molecule has 1 aliphatic rings. The average molecular weight is 458 g/mol. The quantitative estimate of drug-likeness (QED) is 0.589. The first kappa shape index (κ1) is 24.1. The van der Waals surface area contributed by atoms with Gasteiger partial charge in [0.25, 0.3) is 0 Å². The molecule has 0 unspecified atom stereocenters. The van der Waals surface area contributed by atoms with E-state index >= 15 is 0 Å². The number of nitrogens with zero attached hydrogens (tertiary/aromatic N) is 2. The molecule has 174 valence electrons. The van der Waals surface area contributed by atoms with E-state index in [0.717, 1.165) is 30.6 Å². The van der Waals surface area contributed by atoms with Crippen LogP contribution in [0.15, 0.2) is 35.7 Å². The molecule has 1 aromatic carbocycles. The fraction of sp³-hybridized carbons (Fsp3) is 0.520. The third-order valence-corrected chi connectivity index (χ3v) is 7.06. The summed E-state index contributed by atoms with van der Waals surface area (Å²) in [4.78, 5) is 31.0. The van der Waals surface area contributed by atoms with E-state index in [4.69, 9.17) is 4.74 Å². The SMILES string of the molecule is CCCNC(=O)N(CC(=O)N1CCc2sccc2[C@@H]1COc1ccc(C)cc1)[C@H](C)CC. The number of ether oxygens (including phenoxy) is 1. The van der Waals surface area contributed by atoms with E-state index in [0.29, 0.717) is 19.7 Å². The highest BCUT2D eigenvalue weighted by Gasteiger charge is 2.34. The van der Waals surface area contributed by atoms with Crippen molar-refractivity contribution in [3.63, 3.8) is 0 Å². The van der Waals surface area contributed by atoms with Gasteiger partial charge in [0, 0.05) is 24.0 Å². The lowest BCUT2D eigenvalue weighted by Gasteiger charge is -2.38. The van der Waals surface area contributed by atoms with Crippen LogP contribution in [0.25, 0.3) is 0 Å². The van der Waals surface area contributed by atoms with Crippen LogP contribution in [0, 0.1) is 6.92 Å². The van der Waals surface area contributed by atoms with Crippen molar-refractivity contribution in [2.24, 2.45) is 0 Å². The van der Waals surface area contributed by atoms with Crippen molar-refractivity contribution in [1.29, 1.82) is 0 Å². The molecule has 3 rings (SSSR count). The van der Waals surface area contributed by atoms with Gasteiger partial charge in [0.15, 0.2) is 0 Å². The lowest BCUT2D eigenvalue weighted by atomic mass is 10.00. The van der Waals surface area contributed by atoms with Crippen LogP contribution in [0.5, 0.6) is 5.75 Å². The van der Waals surface area contributed by atoms with Crippen LogP contribution in [0.2, 0.25) is 0 Å². The molecule has 0 aliphatic carbocycles. The number of benzene rings is 1. The standard InChI is InChI=1S/C25H35N3O3S/c1-5-13-26-25(30)28(19(4)6-2)16-24(29)27-14-11-23-21(12-15-32-23)22(27)17-31-20-9-7-18(3)8-10-20/h7-10,12,15,19,22H,5-6,11,13-14,16-17H2,1-4H3,(H,26,30)/t19-,22+/m1/s1. The molecule has 0 radical (unpaired) electrons. The zero-order valence-corrected chi connectivity index (χ0v) is 20.4. The van der Waals surface area contributed by atoms with Gasteiger partial charge in [-0.1, -0.05) is 31.5 Å². The number of urea groups is 1. The summed E-state index contributed by atoms with van der Waals surface area (Å²) in [5.74, 6) is 0.761. The molecular formula is C25H35N3O3S. The number of aryl methyl sites for hydroxylation is 1. The van der Waals surface area contributed by atoms with Crippen molar-refractivity contribution >= 4 is 23.3 Å². The Balaban J connectivity index is 1.75. The van der Waals surface area contributed by atoms with Crippen molar-refractivity contribution in [2.75, 3.05) is 26.2 Å². The van der Waals surface area contributed by atoms with Crippen molar-refractivity contribution < 1.29 is 14.3 Å². The molecule has 32 heavy (non-hydrogen) atoms. The normalized spacial score (nSPS) is 16.2. The topological polar surface area (TPSA) is 61.9 Å². The van der Waals surface area contributed by atoms with Crippen LogP contribution in [0.3, 0.4) is 0 Å². The third kappa shape index (κ3) is 5.82. The van der Waals surface area contributed by atoms with Crippen LogP contribution in [0.4, 0.5) is 4.79 Å². The monoisotopic (exact) mass is 457 g/mol. The second kappa shape index (κ2) is 11.4. The third-order valence-electron chi connectivity index (χ3n) is 6.06. The highest BCUT2D eigenvalue weighted by Crippen LogP contribution is 2.34. The van der Waals surface area contributed by atoms with Gasteiger partial charge in [0.05, 0.1) is 6.04 Å². The first-order valence-corrected chi connectivity index (χ1v) is 12.4. The van der Waals surface area contributed by atoms with E-state index in [-0.39, 0.29) is 30.6 Å². The summed E-state index contributed by atoms with van der Waals surface area (Å²) in [6.07, 6.45) is 2.49. The summed E-state index contributed by atoms with van der Waals surface area (Å²) < 4.78 is 6.10. The molecule has 1 aromatic heterocycles. The number of nitrogens with one attached hydrogen (secondary N) is 1. The second-order valence-corrected chi connectivity index (χ2v) is 9.39.